The Morgan fingerprint density at radius 3 is 2.40 bits per heavy atom. The first-order valence-electron chi connectivity index (χ1n) is 13.6. The van der Waals surface area contributed by atoms with Gasteiger partial charge in [-0.2, -0.15) is 8.42 Å². The molecule has 1 saturated heterocycles. The lowest BCUT2D eigenvalue weighted by Gasteiger charge is -2.29. The highest BCUT2D eigenvalue weighted by Gasteiger charge is 2.41. The summed E-state index contributed by atoms with van der Waals surface area (Å²) in [5.74, 6) is -2.71. The molecule has 0 radical (unpaired) electrons. The van der Waals surface area contributed by atoms with Gasteiger partial charge >= 0.3 is 22.2 Å². The van der Waals surface area contributed by atoms with Crippen molar-refractivity contribution in [2.24, 2.45) is 11.8 Å². The molecule has 40 heavy (non-hydrogen) atoms. The lowest BCUT2D eigenvalue weighted by molar-refractivity contribution is -0.148. The first-order valence-corrected chi connectivity index (χ1v) is 15.1. The largest absolute Gasteiger partial charge is 0.445 e. The number of rotatable bonds is 16. The average Bonchev–Trinajstić information content (AvgIpc) is 3.29. The Balaban J connectivity index is 2.22. The van der Waals surface area contributed by atoms with Crippen LogP contribution < -0.4 is 16.0 Å². The second kappa shape index (κ2) is 16.2. The van der Waals surface area contributed by atoms with Gasteiger partial charge in [-0.15, -0.1) is 0 Å². The lowest BCUT2D eigenvalue weighted by Crippen LogP contribution is -2.55. The van der Waals surface area contributed by atoms with Gasteiger partial charge in [0.05, 0.1) is 6.04 Å². The van der Waals surface area contributed by atoms with Crippen LogP contribution in [0.1, 0.15) is 71.3 Å². The maximum atomic E-state index is 13.4. The molecule has 2 rings (SSSR count). The molecule has 0 bridgehead atoms. The number of benzene rings is 1. The van der Waals surface area contributed by atoms with Crippen molar-refractivity contribution >= 4 is 34.0 Å². The molecule has 3 amide bonds. The monoisotopic (exact) mass is 583 g/mol. The van der Waals surface area contributed by atoms with Crippen LogP contribution >= 0.6 is 0 Å². The summed E-state index contributed by atoms with van der Waals surface area (Å²) in [7, 11) is -5.01. The predicted octanol–water partition coefficient (Wildman–Crippen LogP) is 2.68. The summed E-state index contributed by atoms with van der Waals surface area (Å²) >= 11 is 0. The molecule has 1 fully saturated rings. The van der Waals surface area contributed by atoms with Gasteiger partial charge in [0.2, 0.25) is 17.3 Å². The maximum Gasteiger partial charge on any atom is 0.408 e. The second-order valence-corrected chi connectivity index (χ2v) is 11.8. The highest BCUT2D eigenvalue weighted by atomic mass is 32.2. The van der Waals surface area contributed by atoms with E-state index in [0.717, 1.165) is 18.4 Å². The lowest BCUT2D eigenvalue weighted by atomic mass is 9.97. The van der Waals surface area contributed by atoms with E-state index in [-0.39, 0.29) is 37.7 Å². The SMILES string of the molecule is CCCCCC(=O)OC([C@H](C[C@@H]1CCNC1=O)NC(=O)[C@H](CC(C)C)NC(=O)OCc1ccccc1)S(=O)(=O)O. The van der Waals surface area contributed by atoms with Crippen molar-refractivity contribution in [3.63, 3.8) is 0 Å². The molecular formula is C27H41N3O9S. The first-order chi connectivity index (χ1) is 18.9. The molecule has 1 aliphatic heterocycles. The minimum atomic E-state index is -5.01. The summed E-state index contributed by atoms with van der Waals surface area (Å²) in [4.78, 5) is 50.6. The van der Waals surface area contributed by atoms with Crippen LogP contribution in [0.25, 0.3) is 0 Å². The van der Waals surface area contributed by atoms with Gasteiger partial charge < -0.3 is 25.4 Å². The van der Waals surface area contributed by atoms with Crippen LogP contribution in [0, 0.1) is 11.8 Å². The fraction of sp³-hybridized carbons (Fsp3) is 0.630. The molecule has 0 aromatic heterocycles. The molecule has 4 atom stereocenters. The Morgan fingerprint density at radius 2 is 1.82 bits per heavy atom. The van der Waals surface area contributed by atoms with Crippen molar-refractivity contribution < 1.29 is 41.6 Å². The number of hydrogen-bond acceptors (Lipinski definition) is 8. The van der Waals surface area contributed by atoms with E-state index in [0.29, 0.717) is 19.4 Å². The van der Waals surface area contributed by atoms with E-state index in [2.05, 4.69) is 16.0 Å². The molecule has 0 saturated carbocycles. The Hall–Kier alpha value is -3.19. The van der Waals surface area contributed by atoms with E-state index in [1.165, 1.54) is 0 Å². The van der Waals surface area contributed by atoms with Crippen molar-refractivity contribution in [2.75, 3.05) is 6.54 Å². The number of unbranched alkanes of at least 4 members (excludes halogenated alkanes) is 2. The summed E-state index contributed by atoms with van der Waals surface area (Å²) in [5.41, 5.74) is -1.39. The predicted molar refractivity (Wildman–Crippen MR) is 146 cm³/mol. The van der Waals surface area contributed by atoms with E-state index >= 15 is 0 Å². The summed E-state index contributed by atoms with van der Waals surface area (Å²) < 4.78 is 45.1. The molecule has 1 aromatic carbocycles. The third-order valence-corrected chi connectivity index (χ3v) is 7.42. The standard InChI is InChI=1S/C27H41N3O9S/c1-4-5-7-12-23(31)39-26(40(35,36)37)22(16-20-13-14-28-24(20)32)29-25(33)21(15-18(2)3)30-27(34)38-17-19-10-8-6-9-11-19/h6,8-11,18,20-22,26H,4-5,7,12-17H2,1-3H3,(H,28,32)(H,29,33)(H,30,34)(H,35,36,37)/t20-,21-,22-,26?/m0/s1. The highest BCUT2D eigenvalue weighted by Crippen LogP contribution is 2.22. The van der Waals surface area contributed by atoms with Crippen molar-refractivity contribution in [3.05, 3.63) is 35.9 Å². The molecule has 1 aliphatic rings. The van der Waals surface area contributed by atoms with Crippen LogP contribution in [0.2, 0.25) is 0 Å². The number of ether oxygens (including phenoxy) is 2. The number of hydrogen-bond donors (Lipinski definition) is 4. The Labute approximate surface area is 235 Å². The van der Waals surface area contributed by atoms with Crippen molar-refractivity contribution in [2.45, 2.75) is 89.8 Å². The van der Waals surface area contributed by atoms with E-state index in [9.17, 15) is 32.1 Å². The second-order valence-electron chi connectivity index (χ2n) is 10.3. The Kier molecular flexibility index (Phi) is 13.3. The minimum Gasteiger partial charge on any atom is -0.445 e. The molecule has 0 spiro atoms. The van der Waals surface area contributed by atoms with Crippen molar-refractivity contribution in [3.8, 4) is 0 Å². The van der Waals surface area contributed by atoms with Gasteiger partial charge in [-0.05, 0) is 37.2 Å². The average molecular weight is 584 g/mol. The van der Waals surface area contributed by atoms with Crippen LogP contribution in [-0.2, 0) is 40.6 Å². The Bertz CT molecular complexity index is 1100. The van der Waals surface area contributed by atoms with Gasteiger partial charge in [0.25, 0.3) is 0 Å². The summed E-state index contributed by atoms with van der Waals surface area (Å²) in [6, 6.07) is 6.36. The van der Waals surface area contributed by atoms with E-state index in [4.69, 9.17) is 9.47 Å². The van der Waals surface area contributed by atoms with Crippen LogP contribution in [0.15, 0.2) is 30.3 Å². The number of alkyl carbamates (subject to hydrolysis) is 1. The van der Waals surface area contributed by atoms with Gasteiger partial charge in [0.1, 0.15) is 12.6 Å². The smallest absolute Gasteiger partial charge is 0.408 e. The van der Waals surface area contributed by atoms with Crippen LogP contribution in [-0.4, -0.2) is 60.9 Å². The fourth-order valence-corrected chi connectivity index (χ4v) is 5.19. The van der Waals surface area contributed by atoms with Crippen LogP contribution in [0.5, 0.6) is 0 Å². The number of nitrogens with one attached hydrogen (secondary N) is 3. The molecular weight excluding hydrogens is 542 g/mol. The zero-order chi connectivity index (χ0) is 29.7. The normalized spacial score (nSPS) is 17.4. The number of carbonyl (C=O) groups excluding carboxylic acids is 4. The molecule has 1 unspecified atom stereocenters. The first kappa shape index (κ1) is 33.0. The van der Waals surface area contributed by atoms with E-state index in [1.807, 2.05) is 26.8 Å². The van der Waals surface area contributed by atoms with Crippen LogP contribution in [0.3, 0.4) is 0 Å². The Morgan fingerprint density at radius 1 is 1.12 bits per heavy atom. The summed E-state index contributed by atoms with van der Waals surface area (Å²) in [5, 5.41) is 7.67. The minimum absolute atomic E-state index is 0.0269. The van der Waals surface area contributed by atoms with Crippen LogP contribution in [0.4, 0.5) is 4.79 Å². The highest BCUT2D eigenvalue weighted by molar-refractivity contribution is 7.86. The fourth-order valence-electron chi connectivity index (χ4n) is 4.37. The molecule has 0 aliphatic carbocycles. The van der Waals surface area contributed by atoms with Crippen molar-refractivity contribution in [1.29, 1.82) is 0 Å². The summed E-state index contributed by atoms with van der Waals surface area (Å²) in [6.45, 7) is 5.93. The van der Waals surface area contributed by atoms with Gasteiger partial charge in [0, 0.05) is 18.9 Å². The van der Waals surface area contributed by atoms with Gasteiger partial charge in [0.15, 0.2) is 0 Å². The van der Waals surface area contributed by atoms with Gasteiger partial charge in [-0.25, -0.2) is 4.79 Å². The molecule has 4 N–H and O–H groups in total. The number of amides is 3. The van der Waals surface area contributed by atoms with Crippen molar-refractivity contribution in [1.82, 2.24) is 16.0 Å². The van der Waals surface area contributed by atoms with E-state index < -0.39 is 51.5 Å². The zero-order valence-electron chi connectivity index (χ0n) is 23.3. The van der Waals surface area contributed by atoms with Gasteiger partial charge in [-0.1, -0.05) is 63.9 Å². The zero-order valence-corrected chi connectivity index (χ0v) is 24.1. The van der Waals surface area contributed by atoms with Gasteiger partial charge in [-0.3, -0.25) is 18.9 Å². The molecule has 13 heteroatoms. The summed E-state index contributed by atoms with van der Waals surface area (Å²) in [6.07, 6.45) is 1.40. The third kappa shape index (κ3) is 11.5. The maximum absolute atomic E-state index is 13.4. The third-order valence-electron chi connectivity index (χ3n) is 6.41. The quantitative estimate of drug-likeness (QED) is 0.129. The molecule has 12 nitrogen and oxygen atoms in total. The van der Waals surface area contributed by atoms with E-state index in [1.54, 1.807) is 24.3 Å². The molecule has 1 aromatic rings. The topological polar surface area (TPSA) is 177 Å². The molecule has 224 valence electrons. The number of carbonyl (C=O) groups is 4. The number of esters is 1. The molecule has 1 heterocycles.